The first-order valence-electron chi connectivity index (χ1n) is 2.72. The summed E-state index contributed by atoms with van der Waals surface area (Å²) >= 11 is 11.1. The van der Waals surface area contributed by atoms with Crippen LogP contribution in [0.15, 0.2) is 11.8 Å². The van der Waals surface area contributed by atoms with E-state index >= 15 is 0 Å². The first-order chi connectivity index (χ1) is 3.77. The number of unbranched alkanes of at least 4 members (excludes halogenated alkanes) is 1. The summed E-state index contributed by atoms with van der Waals surface area (Å²) in [4.78, 5) is 0. The molecule has 0 radical (unpaired) electrons. The van der Waals surface area contributed by atoms with Gasteiger partial charge in [0.1, 0.15) is 0 Å². The van der Waals surface area contributed by atoms with Gasteiger partial charge in [-0.3, -0.25) is 0 Å². The molecule has 0 aromatic heterocycles. The largest absolute Gasteiger partial charge is 0.259 e. The smallest absolute Gasteiger partial charge is 0.145 e. The maximum absolute atomic E-state index is 5.53. The minimum atomic E-state index is -1.44. The van der Waals surface area contributed by atoms with E-state index in [9.17, 15) is 0 Å². The molecule has 0 aliphatic rings. The van der Waals surface area contributed by atoms with Gasteiger partial charge in [0.2, 0.25) is 0 Å². The molecule has 0 fully saturated rings. The summed E-state index contributed by atoms with van der Waals surface area (Å²) in [7, 11) is -1.44. The van der Waals surface area contributed by atoms with Crippen LogP contribution in [0.5, 0.6) is 0 Å². The van der Waals surface area contributed by atoms with Crippen molar-refractivity contribution < 1.29 is 0 Å². The molecule has 0 aromatic rings. The van der Waals surface area contributed by atoms with Crippen molar-refractivity contribution in [3.63, 3.8) is 0 Å². The minimum Gasteiger partial charge on any atom is -0.145 e. The van der Waals surface area contributed by atoms with Crippen LogP contribution in [0.2, 0.25) is 0 Å². The predicted octanol–water partition coefficient (Wildman–Crippen LogP) is 2.58. The van der Waals surface area contributed by atoms with Crippen LogP contribution in [-0.4, -0.2) is 7.42 Å². The summed E-state index contributed by atoms with van der Waals surface area (Å²) in [6.07, 6.45) is 4.32. The molecule has 0 saturated carbocycles. The standard InChI is InChI=1S/C5H10Cl2Si/c1-2-3-4-5-8(6)7/h4-5,8H,2-3H2,1H3/b5-4+. The molecular formula is C5H10Cl2Si. The Bertz CT molecular complexity index is 70.8. The maximum Gasteiger partial charge on any atom is 0.259 e. The van der Waals surface area contributed by atoms with E-state index < -0.39 is 7.42 Å². The average Bonchev–Trinajstić information content (AvgIpc) is 1.66. The van der Waals surface area contributed by atoms with Gasteiger partial charge in [0.15, 0.2) is 0 Å². The van der Waals surface area contributed by atoms with Crippen molar-refractivity contribution in [2.24, 2.45) is 0 Å². The Morgan fingerprint density at radius 1 is 1.50 bits per heavy atom. The van der Waals surface area contributed by atoms with Crippen LogP contribution in [0.4, 0.5) is 0 Å². The fourth-order valence-corrected chi connectivity index (χ4v) is 1.38. The lowest BCUT2D eigenvalue weighted by atomic mass is 10.3. The van der Waals surface area contributed by atoms with Crippen LogP contribution in [0.3, 0.4) is 0 Å². The summed E-state index contributed by atoms with van der Waals surface area (Å²) < 4.78 is 0. The van der Waals surface area contributed by atoms with Gasteiger partial charge in [-0.25, -0.2) is 0 Å². The maximum atomic E-state index is 5.53. The Kier molecular flexibility index (Phi) is 6.05. The zero-order valence-electron chi connectivity index (χ0n) is 4.90. The van der Waals surface area contributed by atoms with Gasteiger partial charge in [-0.2, -0.15) is 0 Å². The highest BCUT2D eigenvalue weighted by Crippen LogP contribution is 1.98. The number of rotatable bonds is 3. The predicted molar refractivity (Wildman–Crippen MR) is 42.9 cm³/mol. The molecular weight excluding hydrogens is 159 g/mol. The van der Waals surface area contributed by atoms with E-state index in [1.165, 1.54) is 6.42 Å². The van der Waals surface area contributed by atoms with Crippen LogP contribution >= 0.6 is 22.2 Å². The molecule has 0 N–H and O–H groups in total. The third kappa shape index (κ3) is 6.54. The van der Waals surface area contributed by atoms with E-state index in [0.717, 1.165) is 6.42 Å². The molecule has 0 saturated heterocycles. The van der Waals surface area contributed by atoms with Crippen molar-refractivity contribution in [1.82, 2.24) is 0 Å². The van der Waals surface area contributed by atoms with Crippen molar-refractivity contribution in [1.29, 1.82) is 0 Å². The van der Waals surface area contributed by atoms with Gasteiger partial charge >= 0.3 is 0 Å². The quantitative estimate of drug-likeness (QED) is 0.450. The second-order valence-corrected chi connectivity index (χ2v) is 6.10. The van der Waals surface area contributed by atoms with Crippen molar-refractivity contribution in [2.75, 3.05) is 0 Å². The summed E-state index contributed by atoms with van der Waals surface area (Å²) in [5.41, 5.74) is 1.92. The highest BCUT2D eigenvalue weighted by atomic mass is 35.7. The molecule has 8 heavy (non-hydrogen) atoms. The Morgan fingerprint density at radius 2 is 2.12 bits per heavy atom. The zero-order chi connectivity index (χ0) is 6.41. The third-order valence-electron chi connectivity index (χ3n) is 0.737. The van der Waals surface area contributed by atoms with Crippen LogP contribution in [-0.2, 0) is 0 Å². The van der Waals surface area contributed by atoms with Gasteiger partial charge in [-0.1, -0.05) is 25.1 Å². The number of halogens is 2. The normalized spacial score (nSPS) is 11.5. The number of hydrogen-bond acceptors (Lipinski definition) is 0. The zero-order valence-corrected chi connectivity index (χ0v) is 7.57. The second-order valence-electron chi connectivity index (χ2n) is 1.55. The van der Waals surface area contributed by atoms with Crippen LogP contribution in [0.25, 0.3) is 0 Å². The van der Waals surface area contributed by atoms with Gasteiger partial charge in [0.05, 0.1) is 0 Å². The van der Waals surface area contributed by atoms with Gasteiger partial charge in [0.25, 0.3) is 7.42 Å². The van der Waals surface area contributed by atoms with E-state index in [0.29, 0.717) is 0 Å². The molecule has 0 rings (SSSR count). The molecule has 0 aliphatic carbocycles. The van der Waals surface area contributed by atoms with Crippen LogP contribution < -0.4 is 0 Å². The van der Waals surface area contributed by atoms with E-state index in [1.54, 1.807) is 0 Å². The molecule has 0 aliphatic heterocycles. The highest BCUT2D eigenvalue weighted by Gasteiger charge is 1.89. The summed E-state index contributed by atoms with van der Waals surface area (Å²) in [5.74, 6) is 0. The average molecular weight is 169 g/mol. The lowest BCUT2D eigenvalue weighted by Crippen LogP contribution is -1.82. The number of allylic oxidation sites excluding steroid dienone is 1. The van der Waals surface area contributed by atoms with Crippen molar-refractivity contribution >= 4 is 29.6 Å². The van der Waals surface area contributed by atoms with Crippen molar-refractivity contribution in [2.45, 2.75) is 19.8 Å². The van der Waals surface area contributed by atoms with E-state index in [2.05, 4.69) is 13.0 Å². The van der Waals surface area contributed by atoms with Crippen molar-refractivity contribution in [3.8, 4) is 0 Å². The molecule has 0 nitrogen and oxygen atoms in total. The first kappa shape index (κ1) is 8.54. The molecule has 0 amide bonds. The van der Waals surface area contributed by atoms with Gasteiger partial charge in [0, 0.05) is 0 Å². The number of hydrogen-bond donors (Lipinski definition) is 0. The molecule has 0 atom stereocenters. The summed E-state index contributed by atoms with van der Waals surface area (Å²) in [6, 6.07) is 0. The lowest BCUT2D eigenvalue weighted by molar-refractivity contribution is 0.960. The van der Waals surface area contributed by atoms with Crippen molar-refractivity contribution in [3.05, 3.63) is 11.8 Å². The van der Waals surface area contributed by atoms with E-state index in [4.69, 9.17) is 22.2 Å². The van der Waals surface area contributed by atoms with E-state index in [-0.39, 0.29) is 0 Å². The Labute approximate surface area is 61.5 Å². The Morgan fingerprint density at radius 3 is 2.50 bits per heavy atom. The summed E-state index contributed by atoms with van der Waals surface area (Å²) in [6.45, 7) is 2.13. The van der Waals surface area contributed by atoms with Crippen LogP contribution in [0.1, 0.15) is 19.8 Å². The third-order valence-corrected chi connectivity index (χ3v) is 2.17. The second kappa shape index (κ2) is 5.67. The molecule has 0 aromatic carbocycles. The van der Waals surface area contributed by atoms with Gasteiger partial charge in [-0.15, -0.1) is 22.2 Å². The fraction of sp³-hybridized carbons (Fsp3) is 0.600. The SMILES string of the molecule is CCC/C=C/[SiH](Cl)Cl. The molecule has 0 spiro atoms. The Hall–Kier alpha value is 0.537. The highest BCUT2D eigenvalue weighted by molar-refractivity contribution is 7.36. The van der Waals surface area contributed by atoms with Gasteiger partial charge < -0.3 is 0 Å². The van der Waals surface area contributed by atoms with Crippen LogP contribution in [0, 0.1) is 0 Å². The molecule has 0 bridgehead atoms. The lowest BCUT2D eigenvalue weighted by Gasteiger charge is -1.84. The molecule has 3 heteroatoms. The molecule has 0 unspecified atom stereocenters. The minimum absolute atomic E-state index is 1.10. The van der Waals surface area contributed by atoms with Gasteiger partial charge in [-0.05, 0) is 6.42 Å². The summed E-state index contributed by atoms with van der Waals surface area (Å²) in [5, 5.41) is 0. The monoisotopic (exact) mass is 168 g/mol. The topological polar surface area (TPSA) is 0 Å². The fourth-order valence-electron chi connectivity index (χ4n) is 0.366. The molecule has 48 valence electrons. The van der Waals surface area contributed by atoms with E-state index in [1.807, 2.05) is 5.70 Å². The molecule has 0 heterocycles. The Balaban J connectivity index is 3.07. The first-order valence-corrected chi connectivity index (χ1v) is 6.88.